The van der Waals surface area contributed by atoms with Crippen molar-refractivity contribution in [3.63, 3.8) is 0 Å². The van der Waals surface area contributed by atoms with E-state index in [-0.39, 0.29) is 0 Å². The number of nitrogens with one attached hydrogen (secondary N) is 1. The Labute approximate surface area is 104 Å². The van der Waals surface area contributed by atoms with Crippen LogP contribution in [-0.4, -0.2) is 24.6 Å². The average molecular weight is 239 g/mol. The van der Waals surface area contributed by atoms with Crippen molar-refractivity contribution in [2.75, 3.05) is 0 Å². The number of fused-ring (bicyclic) bond motifs is 2. The first-order chi connectivity index (χ1) is 8.92. The van der Waals surface area contributed by atoms with Gasteiger partial charge in [0.15, 0.2) is 0 Å². The molecule has 1 aliphatic carbocycles. The average Bonchev–Trinajstić information content (AvgIpc) is 3.02. The highest BCUT2D eigenvalue weighted by molar-refractivity contribution is 5.75. The number of H-pyrrole nitrogens is 1. The predicted molar refractivity (Wildman–Crippen MR) is 67.2 cm³/mol. The number of nitrogens with zero attached hydrogens (tertiary/aromatic N) is 4. The smallest absolute Gasteiger partial charge is 0.141 e. The van der Waals surface area contributed by atoms with Crippen molar-refractivity contribution in [2.24, 2.45) is 0 Å². The molecule has 0 aliphatic heterocycles. The molecule has 18 heavy (non-hydrogen) atoms. The summed E-state index contributed by atoms with van der Waals surface area (Å²) in [6, 6.07) is 0. The van der Waals surface area contributed by atoms with Gasteiger partial charge in [-0.2, -0.15) is 5.10 Å². The van der Waals surface area contributed by atoms with Gasteiger partial charge in [0, 0.05) is 18.1 Å². The third kappa shape index (κ3) is 1.37. The van der Waals surface area contributed by atoms with Gasteiger partial charge in [-0.05, 0) is 25.7 Å². The molecule has 0 amide bonds. The molecule has 0 unspecified atom stereocenters. The Balaban J connectivity index is 1.89. The van der Waals surface area contributed by atoms with Gasteiger partial charge in [0.1, 0.15) is 5.82 Å². The summed E-state index contributed by atoms with van der Waals surface area (Å²) < 4.78 is 1.82. The van der Waals surface area contributed by atoms with E-state index in [2.05, 4.69) is 15.1 Å². The SMILES string of the molecule is c1cn2ncc(-c3nc4c([nH]3)CCCC4)c2cn1. The van der Waals surface area contributed by atoms with Gasteiger partial charge in [0.25, 0.3) is 0 Å². The first kappa shape index (κ1) is 9.82. The molecule has 90 valence electrons. The van der Waals surface area contributed by atoms with Crippen LogP contribution < -0.4 is 0 Å². The fourth-order valence-electron chi connectivity index (χ4n) is 2.60. The van der Waals surface area contributed by atoms with Crippen molar-refractivity contribution in [1.29, 1.82) is 0 Å². The van der Waals surface area contributed by atoms with Crippen molar-refractivity contribution in [2.45, 2.75) is 25.7 Å². The zero-order valence-electron chi connectivity index (χ0n) is 9.93. The number of aromatic nitrogens is 5. The first-order valence-corrected chi connectivity index (χ1v) is 6.27. The molecule has 0 aromatic carbocycles. The molecule has 0 saturated heterocycles. The molecule has 1 N–H and O–H groups in total. The molecule has 0 bridgehead atoms. The van der Waals surface area contributed by atoms with Crippen LogP contribution in [-0.2, 0) is 12.8 Å². The molecule has 0 radical (unpaired) electrons. The lowest BCUT2D eigenvalue weighted by Gasteiger charge is -2.07. The number of aryl methyl sites for hydroxylation is 2. The van der Waals surface area contributed by atoms with E-state index in [0.717, 1.165) is 29.7 Å². The van der Waals surface area contributed by atoms with Crippen molar-refractivity contribution in [1.82, 2.24) is 24.6 Å². The maximum Gasteiger partial charge on any atom is 0.141 e. The van der Waals surface area contributed by atoms with E-state index in [1.807, 2.05) is 23.1 Å². The maximum absolute atomic E-state index is 4.71. The molecule has 0 saturated carbocycles. The van der Waals surface area contributed by atoms with Crippen LogP contribution in [0.15, 0.2) is 24.8 Å². The molecule has 3 aromatic rings. The van der Waals surface area contributed by atoms with Gasteiger partial charge in [0.05, 0.1) is 29.2 Å². The summed E-state index contributed by atoms with van der Waals surface area (Å²) in [6.45, 7) is 0. The minimum atomic E-state index is 0.921. The zero-order chi connectivity index (χ0) is 11.9. The first-order valence-electron chi connectivity index (χ1n) is 6.27. The predicted octanol–water partition coefficient (Wildman–Crippen LogP) is 2.00. The van der Waals surface area contributed by atoms with E-state index in [1.165, 1.54) is 24.2 Å². The lowest BCUT2D eigenvalue weighted by atomic mass is 10.0. The van der Waals surface area contributed by atoms with E-state index in [1.54, 1.807) is 6.20 Å². The highest BCUT2D eigenvalue weighted by Crippen LogP contribution is 2.26. The molecule has 0 fully saturated rings. The molecule has 0 spiro atoms. The van der Waals surface area contributed by atoms with Crippen LogP contribution >= 0.6 is 0 Å². The summed E-state index contributed by atoms with van der Waals surface area (Å²) in [7, 11) is 0. The highest BCUT2D eigenvalue weighted by Gasteiger charge is 2.17. The number of aromatic amines is 1. The summed E-state index contributed by atoms with van der Waals surface area (Å²) in [5.41, 5.74) is 4.53. The Morgan fingerprint density at radius 3 is 3.06 bits per heavy atom. The second kappa shape index (κ2) is 3.66. The fourth-order valence-corrected chi connectivity index (χ4v) is 2.60. The third-order valence-electron chi connectivity index (χ3n) is 3.53. The van der Waals surface area contributed by atoms with Crippen LogP contribution in [0.5, 0.6) is 0 Å². The molecular formula is C13H13N5. The molecular weight excluding hydrogens is 226 g/mol. The van der Waals surface area contributed by atoms with Gasteiger partial charge in [-0.25, -0.2) is 9.50 Å². The molecule has 3 heterocycles. The number of hydrogen-bond donors (Lipinski definition) is 1. The Kier molecular flexibility index (Phi) is 2.00. The second-order valence-electron chi connectivity index (χ2n) is 4.68. The Bertz CT molecular complexity index is 686. The zero-order valence-corrected chi connectivity index (χ0v) is 9.93. The minimum Gasteiger partial charge on any atom is -0.341 e. The number of rotatable bonds is 1. The second-order valence-corrected chi connectivity index (χ2v) is 4.68. The molecule has 5 nitrogen and oxygen atoms in total. The highest BCUT2D eigenvalue weighted by atomic mass is 15.2. The van der Waals surface area contributed by atoms with Gasteiger partial charge >= 0.3 is 0 Å². The van der Waals surface area contributed by atoms with Crippen LogP contribution in [0.2, 0.25) is 0 Å². The van der Waals surface area contributed by atoms with E-state index in [9.17, 15) is 0 Å². The van der Waals surface area contributed by atoms with Crippen LogP contribution in [0.4, 0.5) is 0 Å². The van der Waals surface area contributed by atoms with Crippen molar-refractivity contribution in [3.8, 4) is 11.4 Å². The lowest BCUT2D eigenvalue weighted by Crippen LogP contribution is -2.00. The van der Waals surface area contributed by atoms with Crippen LogP contribution in [0.25, 0.3) is 16.9 Å². The van der Waals surface area contributed by atoms with Crippen LogP contribution in [0.3, 0.4) is 0 Å². The topological polar surface area (TPSA) is 58.9 Å². The van der Waals surface area contributed by atoms with Crippen molar-refractivity contribution >= 4 is 5.52 Å². The monoisotopic (exact) mass is 239 g/mol. The molecule has 0 atom stereocenters. The van der Waals surface area contributed by atoms with Crippen LogP contribution in [0, 0.1) is 0 Å². The van der Waals surface area contributed by atoms with Gasteiger partial charge in [0.2, 0.25) is 0 Å². The maximum atomic E-state index is 4.71. The minimum absolute atomic E-state index is 0.921. The van der Waals surface area contributed by atoms with E-state index >= 15 is 0 Å². The van der Waals surface area contributed by atoms with Gasteiger partial charge < -0.3 is 4.98 Å². The lowest BCUT2D eigenvalue weighted by molar-refractivity contribution is 0.667. The molecule has 5 heteroatoms. The van der Waals surface area contributed by atoms with Crippen molar-refractivity contribution in [3.05, 3.63) is 36.2 Å². The largest absolute Gasteiger partial charge is 0.341 e. The molecule has 1 aliphatic rings. The Morgan fingerprint density at radius 1 is 1.17 bits per heavy atom. The molecule has 3 aromatic heterocycles. The summed E-state index contributed by atoms with van der Waals surface area (Å²) in [6.07, 6.45) is 11.9. The van der Waals surface area contributed by atoms with Gasteiger partial charge in [-0.1, -0.05) is 0 Å². The van der Waals surface area contributed by atoms with E-state index in [4.69, 9.17) is 4.98 Å². The third-order valence-corrected chi connectivity index (χ3v) is 3.53. The van der Waals surface area contributed by atoms with E-state index < -0.39 is 0 Å². The quantitative estimate of drug-likeness (QED) is 0.706. The Morgan fingerprint density at radius 2 is 2.11 bits per heavy atom. The number of imidazole rings is 1. The summed E-state index contributed by atoms with van der Waals surface area (Å²) in [5, 5.41) is 4.32. The fraction of sp³-hybridized carbons (Fsp3) is 0.308. The Hall–Kier alpha value is -2.17. The van der Waals surface area contributed by atoms with Crippen molar-refractivity contribution < 1.29 is 0 Å². The summed E-state index contributed by atoms with van der Waals surface area (Å²) >= 11 is 0. The van der Waals surface area contributed by atoms with Gasteiger partial charge in [-0.3, -0.25) is 4.98 Å². The number of hydrogen-bond acceptors (Lipinski definition) is 3. The summed E-state index contributed by atoms with van der Waals surface area (Å²) in [4.78, 5) is 12.3. The normalized spacial score (nSPS) is 14.9. The van der Waals surface area contributed by atoms with E-state index in [0.29, 0.717) is 0 Å². The van der Waals surface area contributed by atoms with Gasteiger partial charge in [-0.15, -0.1) is 0 Å². The standard InChI is InChI=1S/C13H13N5/c1-2-4-11-10(3-1)16-13(17-11)9-7-15-18-6-5-14-8-12(9)18/h5-8H,1-4H2,(H,16,17). The molecule has 4 rings (SSSR count). The van der Waals surface area contributed by atoms with Crippen LogP contribution in [0.1, 0.15) is 24.2 Å². The summed E-state index contributed by atoms with van der Waals surface area (Å²) in [5.74, 6) is 0.921.